The van der Waals surface area contributed by atoms with E-state index in [1.54, 1.807) is 44.2 Å². The fourth-order valence-electron chi connectivity index (χ4n) is 4.87. The second-order valence-corrected chi connectivity index (χ2v) is 12.5. The summed E-state index contributed by atoms with van der Waals surface area (Å²) in [4.78, 5) is 32.6. The van der Waals surface area contributed by atoms with Crippen molar-refractivity contribution < 1.29 is 23.4 Å². The Morgan fingerprint density at radius 2 is 1.91 bits per heavy atom. The van der Waals surface area contributed by atoms with Gasteiger partial charge in [-0.15, -0.1) is 0 Å². The smallest absolute Gasteiger partial charge is 0.338 e. The van der Waals surface area contributed by atoms with E-state index in [-0.39, 0.29) is 36.3 Å². The van der Waals surface area contributed by atoms with Gasteiger partial charge in [0.25, 0.3) is 5.56 Å². The Labute approximate surface area is 271 Å². The highest BCUT2D eigenvalue weighted by atomic mass is 79.9. The van der Waals surface area contributed by atoms with Crippen molar-refractivity contribution in [2.75, 3.05) is 6.61 Å². The number of fused-ring (bicyclic) bond motifs is 1. The van der Waals surface area contributed by atoms with E-state index in [4.69, 9.17) is 25.8 Å². The number of ether oxygens (including phenoxy) is 3. The highest BCUT2D eigenvalue weighted by molar-refractivity contribution is 9.10. The van der Waals surface area contributed by atoms with E-state index < -0.39 is 12.0 Å². The Bertz CT molecular complexity index is 1930. The molecule has 7 nitrogen and oxygen atoms in total. The van der Waals surface area contributed by atoms with Crippen LogP contribution in [0.4, 0.5) is 4.39 Å². The van der Waals surface area contributed by atoms with Gasteiger partial charge in [0.15, 0.2) is 4.80 Å². The number of esters is 1. The fourth-order valence-corrected chi connectivity index (χ4v) is 6.86. The molecule has 11 heteroatoms. The van der Waals surface area contributed by atoms with Crippen molar-refractivity contribution in [1.82, 2.24) is 4.57 Å². The van der Waals surface area contributed by atoms with Crippen LogP contribution >= 0.6 is 38.9 Å². The van der Waals surface area contributed by atoms with Crippen LogP contribution in [0.1, 0.15) is 50.4 Å². The Balaban J connectivity index is 1.67. The average Bonchev–Trinajstić information content (AvgIpc) is 3.26. The number of para-hydroxylation sites is 1. The predicted octanol–water partition coefficient (Wildman–Crippen LogP) is 6.72. The molecule has 0 aliphatic carbocycles. The summed E-state index contributed by atoms with van der Waals surface area (Å²) < 4.78 is 33.5. The molecule has 3 aromatic carbocycles. The maximum atomic E-state index is 14.2. The van der Waals surface area contributed by atoms with Gasteiger partial charge in [-0.3, -0.25) is 9.36 Å². The van der Waals surface area contributed by atoms with Crippen LogP contribution in [0.2, 0.25) is 5.02 Å². The number of hydrogen-bond acceptors (Lipinski definition) is 7. The summed E-state index contributed by atoms with van der Waals surface area (Å²) in [7, 11) is 0. The zero-order chi connectivity index (χ0) is 31.5. The molecular weight excluding hydrogens is 671 g/mol. The minimum atomic E-state index is -0.831. The van der Waals surface area contributed by atoms with Crippen molar-refractivity contribution in [2.24, 2.45) is 4.99 Å². The van der Waals surface area contributed by atoms with E-state index in [0.29, 0.717) is 47.2 Å². The maximum absolute atomic E-state index is 14.2. The molecule has 0 spiro atoms. The number of halogens is 3. The monoisotopic (exact) mass is 698 g/mol. The van der Waals surface area contributed by atoms with Crippen molar-refractivity contribution in [3.63, 3.8) is 0 Å². The number of allylic oxidation sites excluding steroid dienone is 1. The number of carbonyl (C=O) groups is 1. The Hall–Kier alpha value is -3.73. The lowest BCUT2D eigenvalue weighted by molar-refractivity contribution is -0.139. The first-order chi connectivity index (χ1) is 21.1. The minimum absolute atomic E-state index is 0.141. The van der Waals surface area contributed by atoms with Gasteiger partial charge in [-0.1, -0.05) is 53.3 Å². The molecule has 1 aliphatic heterocycles. The molecule has 0 bridgehead atoms. The summed E-state index contributed by atoms with van der Waals surface area (Å²) in [6, 6.07) is 15.9. The lowest BCUT2D eigenvalue weighted by Gasteiger charge is -2.26. The molecule has 0 saturated heterocycles. The molecule has 1 aliphatic rings. The fraction of sp³-hybridized carbons (Fsp3) is 0.242. The predicted molar refractivity (Wildman–Crippen MR) is 172 cm³/mol. The van der Waals surface area contributed by atoms with Crippen molar-refractivity contribution in [3.05, 3.63) is 124 Å². The zero-order valence-corrected chi connectivity index (χ0v) is 27.6. The quantitative estimate of drug-likeness (QED) is 0.181. The molecule has 5 rings (SSSR count). The first-order valence-electron chi connectivity index (χ1n) is 13.9. The second-order valence-electron chi connectivity index (χ2n) is 10.2. The Kier molecular flexibility index (Phi) is 9.72. The minimum Gasteiger partial charge on any atom is -0.491 e. The SMILES string of the molecule is CCOC(=O)C1=C(C)N=c2s/c(=C\c3cc(Cl)cc(Br)c3OCc3ccc(F)cc3)c(=O)n2[C@H]1c1ccccc1OC(C)C. The van der Waals surface area contributed by atoms with Gasteiger partial charge in [-0.05, 0) is 85.6 Å². The van der Waals surface area contributed by atoms with Gasteiger partial charge in [0.05, 0.1) is 33.0 Å². The van der Waals surface area contributed by atoms with Crippen LogP contribution in [-0.4, -0.2) is 23.2 Å². The Morgan fingerprint density at radius 1 is 1.18 bits per heavy atom. The summed E-state index contributed by atoms with van der Waals surface area (Å²) in [6.45, 7) is 7.62. The zero-order valence-electron chi connectivity index (χ0n) is 24.4. The van der Waals surface area contributed by atoms with Gasteiger partial charge < -0.3 is 14.2 Å². The van der Waals surface area contributed by atoms with Crippen LogP contribution in [0, 0.1) is 5.82 Å². The molecule has 2 heterocycles. The number of benzene rings is 3. The van der Waals surface area contributed by atoms with Crippen molar-refractivity contribution >= 4 is 50.9 Å². The lowest BCUT2D eigenvalue weighted by atomic mass is 9.95. The highest BCUT2D eigenvalue weighted by Crippen LogP contribution is 2.37. The number of hydrogen-bond donors (Lipinski definition) is 0. The third-order valence-corrected chi connectivity index (χ3v) is 8.50. The van der Waals surface area contributed by atoms with Crippen molar-refractivity contribution in [3.8, 4) is 11.5 Å². The van der Waals surface area contributed by atoms with Gasteiger partial charge in [0, 0.05) is 16.1 Å². The van der Waals surface area contributed by atoms with Crippen molar-refractivity contribution in [1.29, 1.82) is 0 Å². The van der Waals surface area contributed by atoms with Crippen LogP contribution in [0.3, 0.4) is 0 Å². The molecule has 0 unspecified atom stereocenters. The largest absolute Gasteiger partial charge is 0.491 e. The summed E-state index contributed by atoms with van der Waals surface area (Å²) >= 11 is 11.1. The molecule has 1 atom stereocenters. The summed E-state index contributed by atoms with van der Waals surface area (Å²) in [6.07, 6.45) is 1.55. The van der Waals surface area contributed by atoms with Crippen LogP contribution in [0.5, 0.6) is 11.5 Å². The maximum Gasteiger partial charge on any atom is 0.338 e. The standard InChI is InChI=1S/C33H29BrClFN2O5S/c1-5-41-32(40)28-19(4)37-33-38(29(28)24-8-6-7-9-26(24)43-18(2)3)31(39)27(44-33)15-21-14-22(35)16-25(34)30(21)42-17-20-10-12-23(36)13-11-20/h6-16,18,29H,5,17H2,1-4H3/b27-15-/t29-/m0/s1. The molecule has 0 radical (unpaired) electrons. The van der Waals surface area contributed by atoms with Gasteiger partial charge in [0.1, 0.15) is 30.0 Å². The number of nitrogens with zero attached hydrogens (tertiary/aromatic N) is 2. The molecule has 0 saturated carbocycles. The van der Waals surface area contributed by atoms with E-state index in [9.17, 15) is 14.0 Å². The van der Waals surface area contributed by atoms with E-state index in [0.717, 1.165) is 5.56 Å². The summed E-state index contributed by atoms with van der Waals surface area (Å²) in [5, 5.41) is 0.433. The third kappa shape index (κ3) is 6.67. The van der Waals surface area contributed by atoms with Gasteiger partial charge in [-0.25, -0.2) is 14.2 Å². The molecule has 44 heavy (non-hydrogen) atoms. The summed E-state index contributed by atoms with van der Waals surface area (Å²) in [5.41, 5.74) is 2.32. The van der Waals surface area contributed by atoms with Crippen LogP contribution in [0.25, 0.3) is 6.08 Å². The molecule has 4 aromatic rings. The number of aromatic nitrogens is 1. The van der Waals surface area contributed by atoms with Crippen molar-refractivity contribution in [2.45, 2.75) is 46.4 Å². The molecule has 0 amide bonds. The average molecular weight is 700 g/mol. The van der Waals surface area contributed by atoms with Crippen LogP contribution in [-0.2, 0) is 16.1 Å². The number of carbonyl (C=O) groups excluding carboxylic acids is 1. The molecular formula is C33H29BrClFN2O5S. The molecule has 0 fully saturated rings. The highest BCUT2D eigenvalue weighted by Gasteiger charge is 2.35. The van der Waals surface area contributed by atoms with Gasteiger partial charge >= 0.3 is 5.97 Å². The molecule has 228 valence electrons. The normalized spacial score (nSPS) is 14.8. The van der Waals surface area contributed by atoms with E-state index in [1.165, 1.54) is 28.0 Å². The lowest BCUT2D eigenvalue weighted by Crippen LogP contribution is -2.40. The number of thiazole rings is 1. The number of rotatable bonds is 9. The Morgan fingerprint density at radius 3 is 2.61 bits per heavy atom. The van der Waals surface area contributed by atoms with E-state index >= 15 is 0 Å². The summed E-state index contributed by atoms with van der Waals surface area (Å²) in [5.74, 6) is 0.118. The molecule has 1 aromatic heterocycles. The van der Waals surface area contributed by atoms with E-state index in [2.05, 4.69) is 20.9 Å². The first-order valence-corrected chi connectivity index (χ1v) is 15.9. The van der Waals surface area contributed by atoms with Gasteiger partial charge in [-0.2, -0.15) is 0 Å². The topological polar surface area (TPSA) is 79.1 Å². The molecule has 0 N–H and O–H groups in total. The first kappa shape index (κ1) is 31.7. The van der Waals surface area contributed by atoms with E-state index in [1.807, 2.05) is 38.1 Å². The van der Waals surface area contributed by atoms with Crippen LogP contribution in [0.15, 0.2) is 86.2 Å². The third-order valence-electron chi connectivity index (χ3n) is 6.71. The van der Waals surface area contributed by atoms with Crippen LogP contribution < -0.4 is 24.4 Å². The second kappa shape index (κ2) is 13.5. The van der Waals surface area contributed by atoms with Gasteiger partial charge in [0.2, 0.25) is 0 Å².